The van der Waals surface area contributed by atoms with Gasteiger partial charge < -0.3 is 10.7 Å². The van der Waals surface area contributed by atoms with E-state index in [1.807, 2.05) is 13.8 Å². The molecule has 1 amide bonds. The maximum Gasteiger partial charge on any atom is 0.265 e. The first-order valence-corrected chi connectivity index (χ1v) is 5.36. The van der Waals surface area contributed by atoms with Gasteiger partial charge in [0.1, 0.15) is 5.69 Å². The summed E-state index contributed by atoms with van der Waals surface area (Å²) in [5.41, 5.74) is 7.81. The molecular weight excluding hydrogens is 204 g/mol. The molecule has 1 aliphatic rings. The summed E-state index contributed by atoms with van der Waals surface area (Å²) in [5.74, 6) is -0.398. The fourth-order valence-electron chi connectivity index (χ4n) is 2.48. The number of carbonyl (C=O) groups excluding carboxylic acids is 2. The first kappa shape index (κ1) is 10.9. The molecule has 0 aliphatic heterocycles. The van der Waals surface area contributed by atoms with Gasteiger partial charge in [-0.2, -0.15) is 0 Å². The van der Waals surface area contributed by atoms with Gasteiger partial charge in [0, 0.05) is 17.7 Å². The summed E-state index contributed by atoms with van der Waals surface area (Å²) in [4.78, 5) is 26.2. The standard InChI is InChI=1S/C12H16N2O2/c1-6-9-7(14-10(6)11(13)16)4-12(2,3)5-8(9)15/h14H,4-5H2,1-3H3,(H2,13,16). The highest BCUT2D eigenvalue weighted by Crippen LogP contribution is 2.36. The van der Waals surface area contributed by atoms with Crippen LogP contribution in [0.2, 0.25) is 0 Å². The molecule has 1 aliphatic carbocycles. The van der Waals surface area contributed by atoms with E-state index in [-0.39, 0.29) is 11.2 Å². The SMILES string of the molecule is Cc1c(C(N)=O)[nH]c2c1C(=O)CC(C)(C)C2. The van der Waals surface area contributed by atoms with Crippen LogP contribution < -0.4 is 5.73 Å². The van der Waals surface area contributed by atoms with Crippen LogP contribution in [0, 0.1) is 12.3 Å². The van der Waals surface area contributed by atoms with Crippen LogP contribution in [0.3, 0.4) is 0 Å². The smallest absolute Gasteiger partial charge is 0.265 e. The first-order chi connectivity index (χ1) is 7.32. The monoisotopic (exact) mass is 220 g/mol. The van der Waals surface area contributed by atoms with Gasteiger partial charge in [-0.15, -0.1) is 0 Å². The van der Waals surface area contributed by atoms with Gasteiger partial charge in [0.05, 0.1) is 0 Å². The predicted molar refractivity (Wildman–Crippen MR) is 60.5 cm³/mol. The summed E-state index contributed by atoms with van der Waals surface area (Å²) in [6.07, 6.45) is 1.30. The molecule has 0 radical (unpaired) electrons. The zero-order valence-electron chi connectivity index (χ0n) is 9.81. The number of nitrogens with two attached hydrogens (primary N) is 1. The molecule has 0 aromatic carbocycles. The highest BCUT2D eigenvalue weighted by atomic mass is 16.1. The number of fused-ring (bicyclic) bond motifs is 1. The number of aromatic nitrogens is 1. The zero-order valence-corrected chi connectivity index (χ0v) is 9.81. The average Bonchev–Trinajstić information content (AvgIpc) is 2.40. The van der Waals surface area contributed by atoms with Gasteiger partial charge in [-0.1, -0.05) is 13.8 Å². The van der Waals surface area contributed by atoms with E-state index in [9.17, 15) is 9.59 Å². The number of hydrogen-bond donors (Lipinski definition) is 2. The summed E-state index contributed by atoms with van der Waals surface area (Å²) >= 11 is 0. The van der Waals surface area contributed by atoms with Gasteiger partial charge >= 0.3 is 0 Å². The van der Waals surface area contributed by atoms with Crippen LogP contribution in [-0.4, -0.2) is 16.7 Å². The van der Waals surface area contributed by atoms with Gasteiger partial charge in [0.25, 0.3) is 5.91 Å². The second-order valence-corrected chi connectivity index (χ2v) is 5.28. The van der Waals surface area contributed by atoms with Crippen LogP contribution in [-0.2, 0) is 6.42 Å². The van der Waals surface area contributed by atoms with Crippen LogP contribution in [0.5, 0.6) is 0 Å². The largest absolute Gasteiger partial charge is 0.364 e. The van der Waals surface area contributed by atoms with Crippen molar-refractivity contribution in [3.8, 4) is 0 Å². The molecule has 1 heterocycles. The molecule has 0 atom stereocenters. The molecule has 0 bridgehead atoms. The maximum absolute atomic E-state index is 12.0. The van der Waals surface area contributed by atoms with E-state index in [1.54, 1.807) is 6.92 Å². The highest BCUT2D eigenvalue weighted by Gasteiger charge is 2.34. The molecule has 86 valence electrons. The van der Waals surface area contributed by atoms with Crippen molar-refractivity contribution in [2.24, 2.45) is 11.1 Å². The van der Waals surface area contributed by atoms with E-state index in [0.29, 0.717) is 23.2 Å². The summed E-state index contributed by atoms with van der Waals surface area (Å²) in [5, 5.41) is 0. The summed E-state index contributed by atoms with van der Waals surface area (Å²) < 4.78 is 0. The van der Waals surface area contributed by atoms with Gasteiger partial charge in [0.15, 0.2) is 5.78 Å². The molecular formula is C12H16N2O2. The quantitative estimate of drug-likeness (QED) is 0.753. The number of ketones is 1. The lowest BCUT2D eigenvalue weighted by molar-refractivity contribution is 0.0910. The number of carbonyl (C=O) groups is 2. The van der Waals surface area contributed by atoms with Gasteiger partial charge in [-0.3, -0.25) is 9.59 Å². The minimum atomic E-state index is -0.502. The molecule has 1 aromatic rings. The molecule has 2 rings (SSSR count). The van der Waals surface area contributed by atoms with Crippen molar-refractivity contribution in [2.45, 2.75) is 33.6 Å². The topological polar surface area (TPSA) is 76.0 Å². The third kappa shape index (κ3) is 1.54. The Bertz CT molecular complexity index is 483. The Hall–Kier alpha value is -1.58. The zero-order chi connectivity index (χ0) is 12.1. The number of primary amides is 1. The van der Waals surface area contributed by atoms with E-state index >= 15 is 0 Å². The molecule has 0 saturated carbocycles. The lowest BCUT2D eigenvalue weighted by atomic mass is 9.75. The first-order valence-electron chi connectivity index (χ1n) is 5.36. The molecule has 0 saturated heterocycles. The van der Waals surface area contributed by atoms with Crippen molar-refractivity contribution < 1.29 is 9.59 Å². The molecule has 0 spiro atoms. The molecule has 4 heteroatoms. The van der Waals surface area contributed by atoms with Gasteiger partial charge in [0.2, 0.25) is 0 Å². The summed E-state index contributed by atoms with van der Waals surface area (Å²) in [6, 6.07) is 0. The summed E-state index contributed by atoms with van der Waals surface area (Å²) in [6.45, 7) is 5.87. The Balaban J connectivity index is 2.58. The lowest BCUT2D eigenvalue weighted by Gasteiger charge is -2.28. The Labute approximate surface area is 94.2 Å². The number of H-pyrrole nitrogens is 1. The van der Waals surface area contributed by atoms with E-state index in [0.717, 1.165) is 12.1 Å². The van der Waals surface area contributed by atoms with Crippen molar-refractivity contribution in [3.63, 3.8) is 0 Å². The number of rotatable bonds is 1. The highest BCUT2D eigenvalue weighted by molar-refractivity contribution is 6.04. The van der Waals surface area contributed by atoms with Crippen LogP contribution in [0.25, 0.3) is 0 Å². The Kier molecular flexibility index (Phi) is 2.19. The predicted octanol–water partition coefficient (Wildman–Crippen LogP) is 1.58. The summed E-state index contributed by atoms with van der Waals surface area (Å²) in [7, 11) is 0. The van der Waals surface area contributed by atoms with E-state index in [4.69, 9.17) is 5.73 Å². The van der Waals surface area contributed by atoms with Crippen molar-refractivity contribution in [1.29, 1.82) is 0 Å². The average molecular weight is 220 g/mol. The Morgan fingerprint density at radius 2 is 2.00 bits per heavy atom. The molecule has 4 nitrogen and oxygen atoms in total. The second kappa shape index (κ2) is 3.20. The van der Waals surface area contributed by atoms with Crippen molar-refractivity contribution in [3.05, 3.63) is 22.5 Å². The molecule has 3 N–H and O–H groups in total. The number of aromatic amines is 1. The van der Waals surface area contributed by atoms with Crippen molar-refractivity contribution in [2.75, 3.05) is 0 Å². The van der Waals surface area contributed by atoms with E-state index < -0.39 is 5.91 Å². The lowest BCUT2D eigenvalue weighted by Crippen LogP contribution is -2.26. The van der Waals surface area contributed by atoms with Crippen LogP contribution >= 0.6 is 0 Å². The minimum absolute atomic E-state index is 0.0453. The maximum atomic E-state index is 12.0. The van der Waals surface area contributed by atoms with Crippen LogP contribution in [0.15, 0.2) is 0 Å². The molecule has 0 fully saturated rings. The number of Topliss-reactive ketones (excluding diaryl/α,β-unsaturated/α-hetero) is 1. The normalized spacial score (nSPS) is 18.3. The minimum Gasteiger partial charge on any atom is -0.364 e. The van der Waals surface area contributed by atoms with Gasteiger partial charge in [-0.25, -0.2) is 0 Å². The second-order valence-electron chi connectivity index (χ2n) is 5.28. The third-order valence-corrected chi connectivity index (χ3v) is 3.15. The number of hydrogen-bond acceptors (Lipinski definition) is 2. The molecule has 16 heavy (non-hydrogen) atoms. The van der Waals surface area contributed by atoms with E-state index in [2.05, 4.69) is 4.98 Å². The fraction of sp³-hybridized carbons (Fsp3) is 0.500. The van der Waals surface area contributed by atoms with Crippen molar-refractivity contribution in [1.82, 2.24) is 4.98 Å². The number of nitrogens with one attached hydrogen (secondary N) is 1. The fourth-order valence-corrected chi connectivity index (χ4v) is 2.48. The Morgan fingerprint density at radius 3 is 2.56 bits per heavy atom. The number of amides is 1. The van der Waals surface area contributed by atoms with Gasteiger partial charge in [-0.05, 0) is 24.3 Å². The van der Waals surface area contributed by atoms with Crippen LogP contribution in [0.4, 0.5) is 0 Å². The third-order valence-electron chi connectivity index (χ3n) is 3.15. The Morgan fingerprint density at radius 1 is 1.38 bits per heavy atom. The van der Waals surface area contributed by atoms with E-state index in [1.165, 1.54) is 0 Å². The molecule has 1 aromatic heterocycles. The molecule has 0 unspecified atom stereocenters. The van der Waals surface area contributed by atoms with Crippen LogP contribution in [0.1, 0.15) is 52.4 Å². The van der Waals surface area contributed by atoms with Crippen molar-refractivity contribution >= 4 is 11.7 Å².